The molecule has 0 bridgehead atoms. The highest BCUT2D eigenvalue weighted by molar-refractivity contribution is 5.87. The number of hydrogen-bond donors (Lipinski definition) is 0. The maximum atomic E-state index is 4.71. The van der Waals surface area contributed by atoms with Gasteiger partial charge in [0, 0.05) is 24.4 Å². The van der Waals surface area contributed by atoms with Crippen molar-refractivity contribution >= 4 is 11.8 Å². The van der Waals surface area contributed by atoms with E-state index in [4.69, 9.17) is 4.98 Å². The minimum absolute atomic E-state index is 0.818. The summed E-state index contributed by atoms with van der Waals surface area (Å²) in [6.07, 6.45) is 7.06. The third-order valence-corrected chi connectivity index (χ3v) is 4.42. The Hall–Kier alpha value is -2.22. The van der Waals surface area contributed by atoms with E-state index in [2.05, 4.69) is 36.2 Å². The van der Waals surface area contributed by atoms with E-state index in [-0.39, 0.29) is 0 Å². The zero-order valence-corrected chi connectivity index (χ0v) is 12.3. The van der Waals surface area contributed by atoms with Crippen molar-refractivity contribution in [3.63, 3.8) is 0 Å². The fraction of sp³-hybridized carbons (Fsp3) is 0.263. The first-order chi connectivity index (χ1) is 10.3. The van der Waals surface area contributed by atoms with Crippen molar-refractivity contribution in [2.24, 2.45) is 4.99 Å². The van der Waals surface area contributed by atoms with Crippen molar-refractivity contribution in [3.8, 4) is 0 Å². The van der Waals surface area contributed by atoms with E-state index in [0.717, 1.165) is 25.8 Å². The molecule has 2 heteroatoms. The molecule has 0 saturated carbocycles. The molecule has 21 heavy (non-hydrogen) atoms. The van der Waals surface area contributed by atoms with E-state index in [1.54, 1.807) is 0 Å². The van der Waals surface area contributed by atoms with Crippen LogP contribution in [-0.2, 0) is 12.8 Å². The molecule has 1 aromatic heterocycles. The first-order valence-electron chi connectivity index (χ1n) is 7.57. The lowest BCUT2D eigenvalue weighted by molar-refractivity contribution is 0.953. The molecule has 0 spiro atoms. The van der Waals surface area contributed by atoms with Gasteiger partial charge in [-0.25, -0.2) is 0 Å². The number of rotatable bonds is 0. The molecule has 2 nitrogen and oxygen atoms in total. The van der Waals surface area contributed by atoms with Gasteiger partial charge in [0.05, 0.1) is 12.2 Å². The van der Waals surface area contributed by atoms with Crippen LogP contribution in [0.25, 0.3) is 5.57 Å². The fourth-order valence-corrected chi connectivity index (χ4v) is 3.39. The SMILES string of the molecule is Cc1ccc2c(c1)CCc1cccnc1/C2=C1\CC=NC1. The minimum Gasteiger partial charge on any atom is -0.293 e. The summed E-state index contributed by atoms with van der Waals surface area (Å²) < 4.78 is 0. The zero-order valence-electron chi connectivity index (χ0n) is 12.3. The second-order valence-electron chi connectivity index (χ2n) is 5.88. The van der Waals surface area contributed by atoms with Gasteiger partial charge in [-0.05, 0) is 48.1 Å². The van der Waals surface area contributed by atoms with Crippen molar-refractivity contribution in [1.29, 1.82) is 0 Å². The molecular formula is C19H18N2. The van der Waals surface area contributed by atoms with E-state index in [9.17, 15) is 0 Å². The summed E-state index contributed by atoms with van der Waals surface area (Å²) in [6.45, 7) is 2.99. The second-order valence-corrected chi connectivity index (χ2v) is 5.88. The van der Waals surface area contributed by atoms with Gasteiger partial charge in [0.1, 0.15) is 0 Å². The Labute approximate surface area is 125 Å². The molecule has 0 amide bonds. The molecule has 0 fully saturated rings. The largest absolute Gasteiger partial charge is 0.293 e. The Morgan fingerprint density at radius 3 is 2.81 bits per heavy atom. The van der Waals surface area contributed by atoms with E-state index >= 15 is 0 Å². The number of aryl methyl sites for hydroxylation is 3. The van der Waals surface area contributed by atoms with Gasteiger partial charge in [0.25, 0.3) is 0 Å². The van der Waals surface area contributed by atoms with Gasteiger partial charge in [0.2, 0.25) is 0 Å². The zero-order chi connectivity index (χ0) is 14.2. The molecule has 1 aromatic carbocycles. The Bertz CT molecular complexity index is 759. The predicted octanol–water partition coefficient (Wildman–Crippen LogP) is 3.77. The average molecular weight is 274 g/mol. The third-order valence-electron chi connectivity index (χ3n) is 4.42. The number of aliphatic imine (C=N–C) groups is 1. The number of hydrogen-bond acceptors (Lipinski definition) is 2. The number of fused-ring (bicyclic) bond motifs is 2. The molecule has 0 unspecified atom stereocenters. The van der Waals surface area contributed by atoms with E-state index in [1.807, 2.05) is 18.5 Å². The lowest BCUT2D eigenvalue weighted by Crippen LogP contribution is -2.00. The average Bonchev–Trinajstić information content (AvgIpc) is 2.97. The second kappa shape index (κ2) is 4.96. The van der Waals surface area contributed by atoms with Gasteiger partial charge in [-0.2, -0.15) is 0 Å². The topological polar surface area (TPSA) is 25.2 Å². The number of aromatic nitrogens is 1. The molecule has 0 saturated heterocycles. The Morgan fingerprint density at radius 2 is 1.95 bits per heavy atom. The van der Waals surface area contributed by atoms with Crippen molar-refractivity contribution in [2.45, 2.75) is 26.2 Å². The summed E-state index contributed by atoms with van der Waals surface area (Å²) in [7, 11) is 0. The molecule has 2 heterocycles. The first-order valence-corrected chi connectivity index (χ1v) is 7.57. The van der Waals surface area contributed by atoms with Crippen LogP contribution < -0.4 is 0 Å². The summed E-state index contributed by atoms with van der Waals surface area (Å²) in [4.78, 5) is 9.14. The van der Waals surface area contributed by atoms with Gasteiger partial charge >= 0.3 is 0 Å². The van der Waals surface area contributed by atoms with Gasteiger partial charge < -0.3 is 0 Å². The summed E-state index contributed by atoms with van der Waals surface area (Å²) in [5, 5.41) is 0. The van der Waals surface area contributed by atoms with E-state index in [0.29, 0.717) is 0 Å². The summed E-state index contributed by atoms with van der Waals surface area (Å²) in [5.74, 6) is 0. The van der Waals surface area contributed by atoms with Crippen LogP contribution in [-0.4, -0.2) is 17.7 Å². The van der Waals surface area contributed by atoms with Gasteiger partial charge in [-0.3, -0.25) is 9.98 Å². The molecule has 2 aliphatic rings. The smallest absolute Gasteiger partial charge is 0.0740 e. The van der Waals surface area contributed by atoms with Crippen LogP contribution in [0.3, 0.4) is 0 Å². The Morgan fingerprint density at radius 1 is 1.05 bits per heavy atom. The summed E-state index contributed by atoms with van der Waals surface area (Å²) in [6, 6.07) is 11.1. The molecule has 4 rings (SSSR count). The number of nitrogens with zero attached hydrogens (tertiary/aromatic N) is 2. The predicted molar refractivity (Wildman–Crippen MR) is 86.8 cm³/mol. The molecule has 1 aliphatic carbocycles. The fourth-order valence-electron chi connectivity index (χ4n) is 3.39. The minimum atomic E-state index is 0.818. The standard InChI is InChI=1S/C19H18N2/c1-13-4-7-17-15(11-13)6-5-14-3-2-9-21-19(14)18(17)16-8-10-20-12-16/h2-4,7,9-11H,5-6,8,12H2,1H3/b18-16+. The third kappa shape index (κ3) is 2.11. The highest BCUT2D eigenvalue weighted by Gasteiger charge is 2.22. The maximum Gasteiger partial charge on any atom is 0.0740 e. The molecular weight excluding hydrogens is 256 g/mol. The summed E-state index contributed by atoms with van der Waals surface area (Å²) in [5.41, 5.74) is 9.40. The van der Waals surface area contributed by atoms with Crippen molar-refractivity contribution in [3.05, 3.63) is 70.0 Å². The summed E-state index contributed by atoms with van der Waals surface area (Å²) >= 11 is 0. The lowest BCUT2D eigenvalue weighted by atomic mass is 9.91. The molecule has 0 atom stereocenters. The van der Waals surface area contributed by atoms with Crippen LogP contribution >= 0.6 is 0 Å². The molecule has 2 aromatic rings. The first kappa shape index (κ1) is 12.5. The number of benzene rings is 1. The quantitative estimate of drug-likeness (QED) is 0.718. The Kier molecular flexibility index (Phi) is 2.95. The Balaban J connectivity index is 2.01. The van der Waals surface area contributed by atoms with Gasteiger partial charge in [-0.15, -0.1) is 0 Å². The molecule has 0 radical (unpaired) electrons. The normalized spacial score (nSPS) is 20.0. The van der Waals surface area contributed by atoms with Gasteiger partial charge in [0.15, 0.2) is 0 Å². The van der Waals surface area contributed by atoms with Crippen molar-refractivity contribution < 1.29 is 0 Å². The highest BCUT2D eigenvalue weighted by atomic mass is 14.7. The lowest BCUT2D eigenvalue weighted by Gasteiger charge is -2.14. The van der Waals surface area contributed by atoms with Crippen LogP contribution in [0, 0.1) is 6.92 Å². The van der Waals surface area contributed by atoms with Crippen LogP contribution in [0.15, 0.2) is 47.1 Å². The maximum absolute atomic E-state index is 4.71. The van der Waals surface area contributed by atoms with Crippen molar-refractivity contribution in [1.82, 2.24) is 4.98 Å². The van der Waals surface area contributed by atoms with Crippen LogP contribution in [0.4, 0.5) is 0 Å². The van der Waals surface area contributed by atoms with Crippen LogP contribution in [0.5, 0.6) is 0 Å². The van der Waals surface area contributed by atoms with E-state index in [1.165, 1.54) is 39.1 Å². The number of pyridine rings is 1. The molecule has 104 valence electrons. The highest BCUT2D eigenvalue weighted by Crippen LogP contribution is 2.36. The molecule has 1 aliphatic heterocycles. The molecule has 0 N–H and O–H groups in total. The van der Waals surface area contributed by atoms with Gasteiger partial charge in [-0.1, -0.05) is 29.8 Å². The van der Waals surface area contributed by atoms with Crippen LogP contribution in [0.2, 0.25) is 0 Å². The monoisotopic (exact) mass is 274 g/mol. The van der Waals surface area contributed by atoms with Crippen molar-refractivity contribution in [2.75, 3.05) is 6.54 Å². The van der Waals surface area contributed by atoms with E-state index < -0.39 is 0 Å². The van der Waals surface area contributed by atoms with Crippen LogP contribution in [0.1, 0.15) is 34.4 Å².